The van der Waals surface area contributed by atoms with Gasteiger partial charge in [0.2, 0.25) is 0 Å². The van der Waals surface area contributed by atoms with Gasteiger partial charge in [-0.05, 0) is 26.0 Å². The lowest BCUT2D eigenvalue weighted by Crippen LogP contribution is -2.50. The molecule has 19 heavy (non-hydrogen) atoms. The van der Waals surface area contributed by atoms with Crippen molar-refractivity contribution in [3.63, 3.8) is 0 Å². The lowest BCUT2D eigenvalue weighted by molar-refractivity contribution is -0.0858. The summed E-state index contributed by atoms with van der Waals surface area (Å²) in [6, 6.07) is 5.42. The van der Waals surface area contributed by atoms with Crippen LogP contribution in [0, 0.1) is 6.92 Å². The molecule has 1 aromatic rings. The Kier molecular flexibility index (Phi) is 4.07. The van der Waals surface area contributed by atoms with Crippen LogP contribution in [0.1, 0.15) is 22.8 Å². The minimum absolute atomic E-state index is 0.0825. The molecule has 5 heteroatoms. The van der Waals surface area contributed by atoms with Crippen molar-refractivity contribution >= 4 is 11.6 Å². The van der Waals surface area contributed by atoms with E-state index in [1.165, 1.54) is 0 Å². The first-order valence-corrected chi connectivity index (χ1v) is 6.43. The third-order valence-electron chi connectivity index (χ3n) is 3.26. The third kappa shape index (κ3) is 3.05. The summed E-state index contributed by atoms with van der Waals surface area (Å²) in [5.74, 6) is -0.102. The van der Waals surface area contributed by atoms with Crippen LogP contribution in [-0.4, -0.2) is 47.8 Å². The zero-order chi connectivity index (χ0) is 14.0. The number of aliphatic hydroxyl groups is 1. The summed E-state index contributed by atoms with van der Waals surface area (Å²) < 4.78 is 5.53. The second-order valence-electron chi connectivity index (χ2n) is 5.05. The number of hydrogen-bond acceptors (Lipinski definition) is 4. The molecule has 5 nitrogen and oxygen atoms in total. The number of hydrogen-bond donors (Lipinski definition) is 2. The third-order valence-corrected chi connectivity index (χ3v) is 3.26. The first kappa shape index (κ1) is 13.8. The van der Waals surface area contributed by atoms with E-state index in [-0.39, 0.29) is 24.7 Å². The van der Waals surface area contributed by atoms with Crippen molar-refractivity contribution in [1.82, 2.24) is 4.90 Å². The van der Waals surface area contributed by atoms with E-state index in [9.17, 15) is 9.90 Å². The number of nitrogens with zero attached hydrogens (tertiary/aromatic N) is 1. The van der Waals surface area contributed by atoms with Crippen LogP contribution in [0.4, 0.5) is 5.69 Å². The predicted molar refractivity (Wildman–Crippen MR) is 72.9 cm³/mol. The molecule has 1 aromatic carbocycles. The molecule has 1 aliphatic rings. The number of aryl methyl sites for hydroxylation is 1. The van der Waals surface area contributed by atoms with Gasteiger partial charge in [0.25, 0.3) is 5.91 Å². The molecule has 0 bridgehead atoms. The normalized spacial score (nSPS) is 23.4. The van der Waals surface area contributed by atoms with Crippen LogP contribution >= 0.6 is 0 Å². The summed E-state index contributed by atoms with van der Waals surface area (Å²) in [6.07, 6.45) is -0.403. The molecule has 0 aliphatic carbocycles. The van der Waals surface area contributed by atoms with Crippen LogP contribution in [0.15, 0.2) is 18.2 Å². The van der Waals surface area contributed by atoms with E-state index < -0.39 is 0 Å². The molecular weight excluding hydrogens is 244 g/mol. The Balaban J connectivity index is 2.21. The maximum absolute atomic E-state index is 12.5. The Bertz CT molecular complexity index is 476. The van der Waals surface area contributed by atoms with E-state index in [0.29, 0.717) is 24.3 Å². The molecule has 0 radical (unpaired) electrons. The number of amides is 1. The highest BCUT2D eigenvalue weighted by atomic mass is 16.5. The first-order chi connectivity index (χ1) is 9.01. The van der Waals surface area contributed by atoms with Gasteiger partial charge >= 0.3 is 0 Å². The largest absolute Gasteiger partial charge is 0.398 e. The van der Waals surface area contributed by atoms with Crippen LogP contribution in [0.5, 0.6) is 0 Å². The fraction of sp³-hybridized carbons (Fsp3) is 0.500. The number of nitrogens with two attached hydrogens (primary N) is 1. The summed E-state index contributed by atoms with van der Waals surface area (Å²) in [5, 5.41) is 9.19. The standard InChI is InChI=1S/C14H20N2O3/c1-9-3-4-13(15)12(5-9)14(18)16-6-10(2)19-11(7-16)8-17/h3-5,10-11,17H,6-8,15H2,1-2H3. The summed E-state index contributed by atoms with van der Waals surface area (Å²) in [7, 11) is 0. The molecule has 2 unspecified atom stereocenters. The van der Waals surface area contributed by atoms with Gasteiger partial charge in [-0.3, -0.25) is 4.79 Å². The molecule has 1 heterocycles. The van der Waals surface area contributed by atoms with Crippen LogP contribution in [0.3, 0.4) is 0 Å². The zero-order valence-electron chi connectivity index (χ0n) is 11.3. The number of anilines is 1. The Morgan fingerprint density at radius 3 is 2.95 bits per heavy atom. The topological polar surface area (TPSA) is 75.8 Å². The smallest absolute Gasteiger partial charge is 0.256 e. The van der Waals surface area contributed by atoms with E-state index in [4.69, 9.17) is 10.5 Å². The van der Waals surface area contributed by atoms with E-state index >= 15 is 0 Å². The lowest BCUT2D eigenvalue weighted by Gasteiger charge is -2.36. The number of carbonyl (C=O) groups excluding carboxylic acids is 1. The number of carbonyl (C=O) groups is 1. The molecule has 2 rings (SSSR count). The van der Waals surface area contributed by atoms with Crippen molar-refractivity contribution in [3.8, 4) is 0 Å². The van der Waals surface area contributed by atoms with Gasteiger partial charge in [0.1, 0.15) is 0 Å². The second kappa shape index (κ2) is 5.59. The van der Waals surface area contributed by atoms with Gasteiger partial charge in [-0.1, -0.05) is 11.6 Å². The Hall–Kier alpha value is -1.59. The first-order valence-electron chi connectivity index (χ1n) is 6.43. The van der Waals surface area contributed by atoms with Crippen LogP contribution in [0.25, 0.3) is 0 Å². The monoisotopic (exact) mass is 264 g/mol. The van der Waals surface area contributed by atoms with Crippen molar-refractivity contribution in [1.29, 1.82) is 0 Å². The van der Waals surface area contributed by atoms with Crippen molar-refractivity contribution in [3.05, 3.63) is 29.3 Å². The molecule has 104 valence electrons. The van der Waals surface area contributed by atoms with E-state index in [0.717, 1.165) is 5.56 Å². The number of rotatable bonds is 2. The Labute approximate surface area is 113 Å². The molecule has 0 spiro atoms. The van der Waals surface area contributed by atoms with Gasteiger partial charge in [0.15, 0.2) is 0 Å². The lowest BCUT2D eigenvalue weighted by atomic mass is 10.1. The van der Waals surface area contributed by atoms with Gasteiger partial charge in [0, 0.05) is 18.8 Å². The highest BCUT2D eigenvalue weighted by Gasteiger charge is 2.29. The average molecular weight is 264 g/mol. The highest BCUT2D eigenvalue weighted by Crippen LogP contribution is 2.19. The van der Waals surface area contributed by atoms with Crippen LogP contribution < -0.4 is 5.73 Å². The molecule has 1 fully saturated rings. The molecule has 0 aromatic heterocycles. The quantitative estimate of drug-likeness (QED) is 0.775. The summed E-state index contributed by atoms with van der Waals surface area (Å²) in [6.45, 7) is 4.64. The molecule has 1 amide bonds. The van der Waals surface area contributed by atoms with Gasteiger partial charge in [-0.2, -0.15) is 0 Å². The highest BCUT2D eigenvalue weighted by molar-refractivity contribution is 5.99. The van der Waals surface area contributed by atoms with E-state index in [1.54, 1.807) is 17.0 Å². The summed E-state index contributed by atoms with van der Waals surface area (Å²) in [5.41, 5.74) is 7.87. The molecule has 1 aliphatic heterocycles. The number of benzene rings is 1. The van der Waals surface area contributed by atoms with Crippen molar-refractivity contribution in [2.45, 2.75) is 26.1 Å². The average Bonchev–Trinajstić information content (AvgIpc) is 2.40. The fourth-order valence-corrected chi connectivity index (χ4v) is 2.34. The summed E-state index contributed by atoms with van der Waals surface area (Å²) in [4.78, 5) is 14.2. The predicted octanol–water partition coefficient (Wildman–Crippen LogP) is 0.799. The molecule has 1 saturated heterocycles. The van der Waals surface area contributed by atoms with Crippen LogP contribution in [-0.2, 0) is 4.74 Å². The minimum Gasteiger partial charge on any atom is -0.398 e. The fourth-order valence-electron chi connectivity index (χ4n) is 2.34. The number of ether oxygens (including phenoxy) is 1. The minimum atomic E-state index is -0.321. The van der Waals surface area contributed by atoms with E-state index in [1.807, 2.05) is 19.9 Å². The van der Waals surface area contributed by atoms with Crippen molar-refractivity contribution < 1.29 is 14.6 Å². The number of aliphatic hydroxyl groups excluding tert-OH is 1. The zero-order valence-corrected chi connectivity index (χ0v) is 11.3. The number of morpholine rings is 1. The van der Waals surface area contributed by atoms with Gasteiger partial charge in [-0.25, -0.2) is 0 Å². The van der Waals surface area contributed by atoms with Gasteiger partial charge < -0.3 is 20.5 Å². The second-order valence-corrected chi connectivity index (χ2v) is 5.05. The maximum atomic E-state index is 12.5. The molecule has 3 N–H and O–H groups in total. The summed E-state index contributed by atoms with van der Waals surface area (Å²) >= 11 is 0. The van der Waals surface area contributed by atoms with E-state index in [2.05, 4.69) is 0 Å². The maximum Gasteiger partial charge on any atom is 0.256 e. The SMILES string of the molecule is Cc1ccc(N)c(C(=O)N2CC(C)OC(CO)C2)c1. The molecular formula is C14H20N2O3. The van der Waals surface area contributed by atoms with Gasteiger partial charge in [-0.15, -0.1) is 0 Å². The van der Waals surface area contributed by atoms with Gasteiger partial charge in [0.05, 0.1) is 24.4 Å². The number of nitrogen functional groups attached to an aromatic ring is 1. The Morgan fingerprint density at radius 1 is 1.53 bits per heavy atom. The Morgan fingerprint density at radius 2 is 2.26 bits per heavy atom. The molecule has 2 atom stereocenters. The van der Waals surface area contributed by atoms with Crippen LogP contribution in [0.2, 0.25) is 0 Å². The van der Waals surface area contributed by atoms with Crippen molar-refractivity contribution in [2.75, 3.05) is 25.4 Å². The molecule has 0 saturated carbocycles. The van der Waals surface area contributed by atoms with Crippen molar-refractivity contribution in [2.24, 2.45) is 0 Å².